The van der Waals surface area contributed by atoms with Crippen molar-refractivity contribution in [2.45, 2.75) is 38.8 Å². The van der Waals surface area contributed by atoms with Gasteiger partial charge in [-0.3, -0.25) is 14.4 Å². The second kappa shape index (κ2) is 8.50. The number of aryl methyl sites for hydroxylation is 1. The molecule has 2 aromatic rings. The van der Waals surface area contributed by atoms with Crippen LogP contribution in [0.5, 0.6) is 0 Å². The van der Waals surface area contributed by atoms with Crippen LogP contribution in [0.4, 0.5) is 17.6 Å². The van der Waals surface area contributed by atoms with Crippen molar-refractivity contribution in [1.29, 1.82) is 0 Å². The quantitative estimate of drug-likeness (QED) is 0.332. The van der Waals surface area contributed by atoms with Gasteiger partial charge < -0.3 is 0 Å². The number of unbranched alkanes of at least 4 members (excludes halogenated alkanes) is 2. The molecule has 0 saturated heterocycles. The maximum absolute atomic E-state index is 13.2. The largest absolute Gasteiger partial charge is 0.402 e. The van der Waals surface area contributed by atoms with Crippen LogP contribution in [0.1, 0.15) is 37.3 Å². The van der Waals surface area contributed by atoms with Crippen molar-refractivity contribution in [1.82, 2.24) is 9.97 Å². The second-order valence-corrected chi connectivity index (χ2v) is 4.98. The Labute approximate surface area is 145 Å². The first-order valence-corrected chi connectivity index (χ1v) is 7.01. The van der Waals surface area contributed by atoms with Crippen molar-refractivity contribution in [2.24, 2.45) is 0 Å². The Kier molecular flexibility index (Phi) is 7.29. The first-order chi connectivity index (χ1) is 10.4. The van der Waals surface area contributed by atoms with Crippen molar-refractivity contribution >= 4 is 0 Å². The van der Waals surface area contributed by atoms with E-state index in [-0.39, 0.29) is 31.5 Å². The molecule has 127 valence electrons. The summed E-state index contributed by atoms with van der Waals surface area (Å²) in [5, 5.41) is 0. The van der Waals surface area contributed by atoms with Gasteiger partial charge in [0.2, 0.25) is 0 Å². The van der Waals surface area contributed by atoms with Crippen LogP contribution >= 0.6 is 0 Å². The zero-order chi connectivity index (χ0) is 16.2. The third-order valence-corrected chi connectivity index (χ3v) is 3.22. The molecular formula is C16H15F4IrN2-. The Balaban J connectivity index is 0.00000264. The first kappa shape index (κ1) is 19.7. The van der Waals surface area contributed by atoms with Crippen molar-refractivity contribution < 1.29 is 37.7 Å². The standard InChI is InChI=1S/C16H15F4N2.Ir/c1-2-3-4-5-11-9-21-15(22-10-11)12-6-7-14(17)13(8-12)16(18,19)20;/h7-10H,2-5H2,1H3;/q-1;. The van der Waals surface area contributed by atoms with E-state index in [2.05, 4.69) is 23.0 Å². The topological polar surface area (TPSA) is 25.8 Å². The molecule has 1 aromatic carbocycles. The predicted molar refractivity (Wildman–Crippen MR) is 74.5 cm³/mol. The number of alkyl halides is 3. The molecule has 0 aliphatic rings. The van der Waals surface area contributed by atoms with E-state index in [4.69, 9.17) is 0 Å². The summed E-state index contributed by atoms with van der Waals surface area (Å²) in [7, 11) is 0. The van der Waals surface area contributed by atoms with E-state index in [9.17, 15) is 17.6 Å². The molecule has 0 aliphatic heterocycles. The number of hydrogen-bond acceptors (Lipinski definition) is 2. The fourth-order valence-electron chi connectivity index (χ4n) is 2.02. The molecule has 23 heavy (non-hydrogen) atoms. The Morgan fingerprint density at radius 3 is 2.35 bits per heavy atom. The summed E-state index contributed by atoms with van der Waals surface area (Å²) in [6, 6.07) is 3.78. The Morgan fingerprint density at radius 2 is 1.78 bits per heavy atom. The maximum atomic E-state index is 13.2. The Hall–Kier alpha value is -1.33. The van der Waals surface area contributed by atoms with Gasteiger partial charge in [0.15, 0.2) is 0 Å². The van der Waals surface area contributed by atoms with E-state index in [1.165, 1.54) is 0 Å². The predicted octanol–water partition coefficient (Wildman–Crippen LogP) is 4.83. The summed E-state index contributed by atoms with van der Waals surface area (Å²) in [5.41, 5.74) is -0.388. The normalized spacial score (nSPS) is 11.2. The number of rotatable bonds is 5. The number of benzene rings is 1. The molecule has 1 radical (unpaired) electrons. The molecule has 0 aliphatic carbocycles. The van der Waals surface area contributed by atoms with E-state index in [1.54, 1.807) is 12.4 Å². The summed E-state index contributed by atoms with van der Waals surface area (Å²) in [4.78, 5) is 8.10. The van der Waals surface area contributed by atoms with Crippen molar-refractivity contribution in [3.63, 3.8) is 0 Å². The monoisotopic (exact) mass is 504 g/mol. The van der Waals surface area contributed by atoms with E-state index in [0.29, 0.717) is 12.1 Å². The molecule has 1 aromatic heterocycles. The second-order valence-electron chi connectivity index (χ2n) is 4.98. The molecule has 0 fully saturated rings. The number of aromatic nitrogens is 2. The zero-order valence-corrected chi connectivity index (χ0v) is 14.8. The van der Waals surface area contributed by atoms with Crippen LogP contribution in [0, 0.1) is 11.9 Å². The average molecular weight is 504 g/mol. The molecule has 0 saturated carbocycles. The molecule has 0 spiro atoms. The molecule has 1 heterocycles. The van der Waals surface area contributed by atoms with Crippen LogP contribution in [0.2, 0.25) is 0 Å². The molecular weight excluding hydrogens is 488 g/mol. The Morgan fingerprint density at radius 1 is 1.13 bits per heavy atom. The van der Waals surface area contributed by atoms with Gasteiger partial charge in [-0.05, 0) is 18.4 Å². The van der Waals surface area contributed by atoms with Gasteiger partial charge in [0.05, 0.1) is 5.82 Å². The van der Waals surface area contributed by atoms with Gasteiger partial charge in [0, 0.05) is 43.9 Å². The van der Waals surface area contributed by atoms with Gasteiger partial charge in [-0.2, -0.15) is 13.2 Å². The van der Waals surface area contributed by atoms with Crippen molar-refractivity contribution in [2.75, 3.05) is 0 Å². The molecule has 0 bridgehead atoms. The summed E-state index contributed by atoms with van der Waals surface area (Å²) in [6.07, 6.45) is 2.46. The molecule has 2 rings (SSSR count). The molecule has 0 N–H and O–H groups in total. The van der Waals surface area contributed by atoms with Crippen LogP contribution in [0.25, 0.3) is 11.4 Å². The van der Waals surface area contributed by atoms with Gasteiger partial charge in [0.1, 0.15) is 0 Å². The van der Waals surface area contributed by atoms with Gasteiger partial charge in [0.25, 0.3) is 0 Å². The Bertz CT molecular complexity index is 627. The number of nitrogens with zero attached hydrogens (tertiary/aromatic N) is 2. The van der Waals surface area contributed by atoms with Crippen LogP contribution in [-0.4, -0.2) is 9.97 Å². The third-order valence-electron chi connectivity index (χ3n) is 3.22. The first-order valence-electron chi connectivity index (χ1n) is 7.01. The van der Waals surface area contributed by atoms with Crippen molar-refractivity contribution in [3.05, 3.63) is 47.5 Å². The molecule has 0 unspecified atom stereocenters. The van der Waals surface area contributed by atoms with Crippen LogP contribution in [0.15, 0.2) is 24.5 Å². The summed E-state index contributed by atoms with van der Waals surface area (Å²) >= 11 is 0. The minimum Gasteiger partial charge on any atom is -0.285 e. The SMILES string of the molecule is CCCCCc1cnc(-c2[c-]cc(F)c(C(F)(F)F)c2)nc1.[Ir]. The fraction of sp³-hybridized carbons (Fsp3) is 0.375. The van der Waals surface area contributed by atoms with Crippen LogP contribution in [0.3, 0.4) is 0 Å². The maximum Gasteiger partial charge on any atom is 0.402 e. The van der Waals surface area contributed by atoms with Gasteiger partial charge in [-0.25, -0.2) is 0 Å². The molecule has 2 nitrogen and oxygen atoms in total. The van der Waals surface area contributed by atoms with E-state index in [1.807, 2.05) is 0 Å². The number of hydrogen-bond donors (Lipinski definition) is 0. The van der Waals surface area contributed by atoms with Crippen LogP contribution in [-0.2, 0) is 32.7 Å². The average Bonchev–Trinajstić information content (AvgIpc) is 2.48. The van der Waals surface area contributed by atoms with E-state index in [0.717, 1.165) is 31.2 Å². The van der Waals surface area contributed by atoms with Gasteiger partial charge >= 0.3 is 6.18 Å². The zero-order valence-electron chi connectivity index (χ0n) is 12.4. The van der Waals surface area contributed by atoms with Gasteiger partial charge in [-0.1, -0.05) is 19.8 Å². The molecule has 7 heteroatoms. The number of halogens is 4. The molecule has 0 amide bonds. The van der Waals surface area contributed by atoms with Gasteiger partial charge in [-0.15, -0.1) is 23.8 Å². The van der Waals surface area contributed by atoms with E-state index >= 15 is 0 Å². The fourth-order valence-corrected chi connectivity index (χ4v) is 2.02. The summed E-state index contributed by atoms with van der Waals surface area (Å²) in [5.74, 6) is -1.25. The smallest absolute Gasteiger partial charge is 0.285 e. The minimum atomic E-state index is -4.76. The van der Waals surface area contributed by atoms with Crippen LogP contribution < -0.4 is 0 Å². The third kappa shape index (κ3) is 5.36. The summed E-state index contributed by atoms with van der Waals surface area (Å²) in [6.45, 7) is 2.10. The van der Waals surface area contributed by atoms with E-state index < -0.39 is 17.6 Å². The van der Waals surface area contributed by atoms with Crippen molar-refractivity contribution in [3.8, 4) is 11.4 Å². The summed E-state index contributed by atoms with van der Waals surface area (Å²) < 4.78 is 51.3. The minimum absolute atomic E-state index is 0. The molecule has 0 atom stereocenters.